The highest BCUT2D eigenvalue weighted by Crippen LogP contribution is 2.31. The van der Waals surface area contributed by atoms with Crippen molar-refractivity contribution in [1.29, 1.82) is 0 Å². The molecule has 0 atom stereocenters. The molecular formula is C24H25NO6. The zero-order chi connectivity index (χ0) is 21.8. The van der Waals surface area contributed by atoms with Crippen LogP contribution in [-0.2, 0) is 9.53 Å². The van der Waals surface area contributed by atoms with Gasteiger partial charge in [0.2, 0.25) is 0 Å². The van der Waals surface area contributed by atoms with Gasteiger partial charge in [0, 0.05) is 24.2 Å². The van der Waals surface area contributed by atoms with Crippen molar-refractivity contribution >= 4 is 17.7 Å². The number of nitrogens with zero attached hydrogens (tertiary/aromatic N) is 1. The summed E-state index contributed by atoms with van der Waals surface area (Å²) in [6, 6.07) is 11.4. The van der Waals surface area contributed by atoms with Gasteiger partial charge in [-0.3, -0.25) is 9.59 Å². The molecule has 2 heterocycles. The van der Waals surface area contributed by atoms with E-state index in [4.69, 9.17) is 14.2 Å². The van der Waals surface area contributed by atoms with Crippen molar-refractivity contribution in [2.24, 2.45) is 5.92 Å². The summed E-state index contributed by atoms with van der Waals surface area (Å²) in [5.74, 6) is 0.446. The number of ether oxygens (including phenoxy) is 3. The predicted octanol–water partition coefficient (Wildman–Crippen LogP) is 3.10. The number of carbonyl (C=O) groups is 3. The van der Waals surface area contributed by atoms with E-state index >= 15 is 0 Å². The van der Waals surface area contributed by atoms with E-state index in [-0.39, 0.29) is 29.4 Å². The second-order valence-corrected chi connectivity index (χ2v) is 7.87. The highest BCUT2D eigenvalue weighted by molar-refractivity contribution is 6.14. The van der Waals surface area contributed by atoms with Crippen molar-refractivity contribution < 1.29 is 28.6 Å². The van der Waals surface area contributed by atoms with Gasteiger partial charge in [0.25, 0.3) is 5.91 Å². The average Bonchev–Trinajstić information content (AvgIpc) is 2.82. The lowest BCUT2D eigenvalue weighted by atomic mass is 9.98. The third-order valence-corrected chi connectivity index (χ3v) is 5.66. The first kappa shape index (κ1) is 20.9. The number of benzene rings is 2. The molecule has 162 valence electrons. The highest BCUT2D eigenvalue weighted by Gasteiger charge is 2.24. The molecule has 4 rings (SSSR count). The van der Waals surface area contributed by atoms with Crippen LogP contribution in [0.3, 0.4) is 0 Å². The van der Waals surface area contributed by atoms with Gasteiger partial charge in [0.05, 0.1) is 5.56 Å². The number of likely N-dealkylation sites (tertiary alicyclic amines) is 1. The van der Waals surface area contributed by atoms with Crippen LogP contribution in [0.25, 0.3) is 0 Å². The lowest BCUT2D eigenvalue weighted by molar-refractivity contribution is -0.135. The van der Waals surface area contributed by atoms with Crippen molar-refractivity contribution in [3.05, 3.63) is 59.2 Å². The van der Waals surface area contributed by atoms with Crippen molar-refractivity contribution in [2.45, 2.75) is 19.8 Å². The highest BCUT2D eigenvalue weighted by atomic mass is 16.6. The number of rotatable bonds is 5. The lowest BCUT2D eigenvalue weighted by Crippen LogP contribution is -2.40. The molecule has 7 heteroatoms. The summed E-state index contributed by atoms with van der Waals surface area (Å²) in [7, 11) is 0. The molecule has 0 aliphatic carbocycles. The molecule has 1 amide bonds. The van der Waals surface area contributed by atoms with E-state index in [2.05, 4.69) is 6.92 Å². The van der Waals surface area contributed by atoms with E-state index < -0.39 is 5.97 Å². The van der Waals surface area contributed by atoms with E-state index in [0.29, 0.717) is 49.3 Å². The Labute approximate surface area is 180 Å². The third kappa shape index (κ3) is 4.71. The number of fused-ring (bicyclic) bond motifs is 1. The summed E-state index contributed by atoms with van der Waals surface area (Å²) in [5, 5.41) is 0. The quantitative estimate of drug-likeness (QED) is 0.543. The van der Waals surface area contributed by atoms with Crippen molar-refractivity contribution in [3.63, 3.8) is 0 Å². The third-order valence-electron chi connectivity index (χ3n) is 5.66. The predicted molar refractivity (Wildman–Crippen MR) is 113 cm³/mol. The van der Waals surface area contributed by atoms with E-state index in [1.165, 1.54) is 6.07 Å². The SMILES string of the molecule is CC1CCN(C(=O)COC(=O)c2ccccc2C(=O)c2ccc3c(c2)OCCO3)CC1. The molecular weight excluding hydrogens is 398 g/mol. The lowest BCUT2D eigenvalue weighted by Gasteiger charge is -2.30. The van der Waals surface area contributed by atoms with Crippen LogP contribution in [0.5, 0.6) is 11.5 Å². The Bertz CT molecular complexity index is 993. The van der Waals surface area contributed by atoms with E-state index in [9.17, 15) is 14.4 Å². The smallest absolute Gasteiger partial charge is 0.339 e. The zero-order valence-corrected chi connectivity index (χ0v) is 17.5. The normalized spacial score (nSPS) is 16.0. The Morgan fingerprint density at radius 2 is 1.65 bits per heavy atom. The first-order valence-electron chi connectivity index (χ1n) is 10.5. The minimum atomic E-state index is -0.694. The maximum absolute atomic E-state index is 13.1. The monoisotopic (exact) mass is 423 g/mol. The summed E-state index contributed by atoms with van der Waals surface area (Å²) < 4.78 is 16.3. The Balaban J connectivity index is 1.46. The number of esters is 1. The molecule has 0 N–H and O–H groups in total. The van der Waals surface area contributed by atoms with Gasteiger partial charge in [-0.2, -0.15) is 0 Å². The molecule has 0 unspecified atom stereocenters. The Hall–Kier alpha value is -3.35. The maximum Gasteiger partial charge on any atom is 0.339 e. The number of piperidine rings is 1. The molecule has 0 saturated carbocycles. The minimum Gasteiger partial charge on any atom is -0.486 e. The number of carbonyl (C=O) groups excluding carboxylic acids is 3. The first-order valence-corrected chi connectivity index (χ1v) is 10.5. The fraction of sp³-hybridized carbons (Fsp3) is 0.375. The Kier molecular flexibility index (Phi) is 6.21. The molecule has 0 radical (unpaired) electrons. The number of hydrogen-bond donors (Lipinski definition) is 0. The summed E-state index contributed by atoms with van der Waals surface area (Å²) in [6.07, 6.45) is 1.90. The van der Waals surface area contributed by atoms with Gasteiger partial charge >= 0.3 is 5.97 Å². The van der Waals surface area contributed by atoms with Crippen LogP contribution < -0.4 is 9.47 Å². The molecule has 1 fully saturated rings. The molecule has 1 saturated heterocycles. The molecule has 7 nitrogen and oxygen atoms in total. The van der Waals surface area contributed by atoms with Gasteiger partial charge in [0.1, 0.15) is 13.2 Å². The van der Waals surface area contributed by atoms with E-state index in [1.54, 1.807) is 41.3 Å². The topological polar surface area (TPSA) is 82.1 Å². The summed E-state index contributed by atoms with van der Waals surface area (Å²) in [4.78, 5) is 39.9. The molecule has 31 heavy (non-hydrogen) atoms. The summed E-state index contributed by atoms with van der Waals surface area (Å²) >= 11 is 0. The fourth-order valence-corrected chi connectivity index (χ4v) is 3.75. The molecule has 0 bridgehead atoms. The van der Waals surface area contributed by atoms with E-state index in [1.807, 2.05) is 0 Å². The molecule has 2 aromatic rings. The maximum atomic E-state index is 13.1. The largest absolute Gasteiger partial charge is 0.486 e. The number of ketones is 1. The van der Waals surface area contributed by atoms with Gasteiger partial charge in [-0.05, 0) is 43.0 Å². The van der Waals surface area contributed by atoms with Crippen molar-refractivity contribution in [1.82, 2.24) is 4.90 Å². The number of hydrogen-bond acceptors (Lipinski definition) is 6. The standard InChI is InChI=1S/C24H25NO6/c1-16-8-10-25(11-9-16)22(26)15-31-24(28)19-5-3-2-4-18(19)23(27)17-6-7-20-21(14-17)30-13-12-29-20/h2-7,14,16H,8-13,15H2,1H3. The second kappa shape index (κ2) is 9.20. The minimum absolute atomic E-state index is 0.127. The average molecular weight is 423 g/mol. The fourth-order valence-electron chi connectivity index (χ4n) is 3.75. The summed E-state index contributed by atoms with van der Waals surface area (Å²) in [6.45, 7) is 4.06. The van der Waals surface area contributed by atoms with Crippen LogP contribution in [0.15, 0.2) is 42.5 Å². The van der Waals surface area contributed by atoms with Gasteiger partial charge in [-0.25, -0.2) is 4.79 Å². The number of amides is 1. The zero-order valence-electron chi connectivity index (χ0n) is 17.5. The van der Waals surface area contributed by atoms with Crippen LogP contribution in [0.2, 0.25) is 0 Å². The second-order valence-electron chi connectivity index (χ2n) is 7.87. The first-order chi connectivity index (χ1) is 15.0. The van der Waals surface area contributed by atoms with Gasteiger partial charge in [0.15, 0.2) is 23.9 Å². The van der Waals surface area contributed by atoms with Crippen molar-refractivity contribution in [2.75, 3.05) is 32.9 Å². The molecule has 0 spiro atoms. The van der Waals surface area contributed by atoms with Crippen LogP contribution in [0, 0.1) is 5.92 Å². The van der Waals surface area contributed by atoms with Gasteiger partial charge in [-0.15, -0.1) is 0 Å². The summed E-state index contributed by atoms with van der Waals surface area (Å²) in [5.41, 5.74) is 0.717. The van der Waals surface area contributed by atoms with Gasteiger partial charge in [-0.1, -0.05) is 25.1 Å². The molecule has 2 aliphatic heterocycles. The molecule has 0 aromatic heterocycles. The van der Waals surface area contributed by atoms with Gasteiger partial charge < -0.3 is 19.1 Å². The van der Waals surface area contributed by atoms with Crippen LogP contribution in [0.4, 0.5) is 0 Å². The Morgan fingerprint density at radius 3 is 2.39 bits per heavy atom. The van der Waals surface area contributed by atoms with Crippen LogP contribution in [0.1, 0.15) is 46.0 Å². The van der Waals surface area contributed by atoms with Crippen LogP contribution in [-0.4, -0.2) is 55.5 Å². The molecule has 2 aromatic carbocycles. The van der Waals surface area contributed by atoms with Crippen molar-refractivity contribution in [3.8, 4) is 11.5 Å². The van der Waals surface area contributed by atoms with E-state index in [0.717, 1.165) is 12.8 Å². The Morgan fingerprint density at radius 1 is 0.968 bits per heavy atom. The molecule has 2 aliphatic rings. The van der Waals surface area contributed by atoms with Crippen LogP contribution >= 0.6 is 0 Å².